The Morgan fingerprint density at radius 1 is 1.33 bits per heavy atom. The summed E-state index contributed by atoms with van der Waals surface area (Å²) in [6.07, 6.45) is 1.49. The summed E-state index contributed by atoms with van der Waals surface area (Å²) < 4.78 is 22.0. The predicted octanol–water partition coefficient (Wildman–Crippen LogP) is 2.77. The smallest absolute Gasteiger partial charge is 0.271 e. The summed E-state index contributed by atoms with van der Waals surface area (Å²) in [6, 6.07) is 6.48. The molecule has 9 heteroatoms. The fraction of sp³-hybridized carbons (Fsp3) is 0.200. The predicted molar refractivity (Wildman–Crippen MR) is 90.0 cm³/mol. The van der Waals surface area contributed by atoms with Crippen LogP contribution in [0.5, 0.6) is 5.75 Å². The van der Waals surface area contributed by atoms with Crippen LogP contribution in [0.3, 0.4) is 0 Å². The van der Waals surface area contributed by atoms with E-state index in [-0.39, 0.29) is 5.75 Å². The van der Waals surface area contributed by atoms with Crippen molar-refractivity contribution in [3.05, 3.63) is 51.8 Å². The molecule has 2 aromatic heterocycles. The molecule has 0 amide bonds. The summed E-state index contributed by atoms with van der Waals surface area (Å²) in [7, 11) is 1.41. The molecule has 0 aliphatic rings. The maximum absolute atomic E-state index is 13.7. The van der Waals surface area contributed by atoms with Gasteiger partial charge in [0.1, 0.15) is 0 Å². The zero-order chi connectivity index (χ0) is 17.3. The molecule has 0 saturated carbocycles. The van der Waals surface area contributed by atoms with Gasteiger partial charge in [0.25, 0.3) is 5.95 Å². The van der Waals surface area contributed by atoms with Gasteiger partial charge in [-0.1, -0.05) is 0 Å². The third kappa shape index (κ3) is 2.98. The number of rotatable bonds is 4. The Kier molecular flexibility index (Phi) is 4.26. The van der Waals surface area contributed by atoms with E-state index < -0.39 is 5.82 Å². The summed E-state index contributed by atoms with van der Waals surface area (Å²) in [5.74, 6) is 0.141. The van der Waals surface area contributed by atoms with E-state index in [1.165, 1.54) is 30.1 Å². The van der Waals surface area contributed by atoms with Gasteiger partial charge in [-0.15, -0.1) is 5.10 Å². The Morgan fingerprint density at radius 3 is 2.75 bits per heavy atom. The summed E-state index contributed by atoms with van der Waals surface area (Å²) in [5, 5.41) is 15.5. The average Bonchev–Trinajstić information content (AvgIpc) is 3.07. The van der Waals surface area contributed by atoms with Gasteiger partial charge in [0, 0.05) is 5.69 Å². The van der Waals surface area contributed by atoms with E-state index in [1.807, 2.05) is 19.9 Å². The molecule has 0 fully saturated rings. The van der Waals surface area contributed by atoms with E-state index >= 15 is 0 Å². The van der Waals surface area contributed by atoms with Crippen molar-refractivity contribution < 1.29 is 9.13 Å². The highest BCUT2D eigenvalue weighted by atomic mass is 32.1. The largest absolute Gasteiger partial charge is 0.494 e. The number of aromatic amines is 1. The van der Waals surface area contributed by atoms with E-state index in [9.17, 15) is 4.39 Å². The normalized spacial score (nSPS) is 11.3. The minimum Gasteiger partial charge on any atom is -0.494 e. The number of aryl methyl sites for hydroxylation is 2. The molecule has 0 unspecified atom stereocenters. The van der Waals surface area contributed by atoms with Crippen LogP contribution >= 0.6 is 12.2 Å². The highest BCUT2D eigenvalue weighted by molar-refractivity contribution is 7.71. The number of methoxy groups -OCH3 is 1. The van der Waals surface area contributed by atoms with Crippen LogP contribution in [0.1, 0.15) is 17.0 Å². The van der Waals surface area contributed by atoms with Gasteiger partial charge in [-0.2, -0.15) is 14.9 Å². The molecule has 1 N–H and O–H groups in total. The van der Waals surface area contributed by atoms with Gasteiger partial charge in [0.05, 0.1) is 19.0 Å². The lowest BCUT2D eigenvalue weighted by molar-refractivity contribution is 0.386. The van der Waals surface area contributed by atoms with Gasteiger partial charge in [-0.05, 0) is 55.9 Å². The van der Waals surface area contributed by atoms with Gasteiger partial charge >= 0.3 is 0 Å². The first-order valence-electron chi connectivity index (χ1n) is 7.08. The minimum atomic E-state index is -0.462. The molecule has 3 aromatic rings. The first kappa shape index (κ1) is 16.1. The van der Waals surface area contributed by atoms with E-state index in [0.717, 1.165) is 11.4 Å². The van der Waals surface area contributed by atoms with E-state index in [0.29, 0.717) is 16.3 Å². The zero-order valence-electron chi connectivity index (χ0n) is 13.3. The summed E-state index contributed by atoms with van der Waals surface area (Å²) in [5.41, 5.74) is 2.32. The van der Waals surface area contributed by atoms with Gasteiger partial charge in [0.15, 0.2) is 11.6 Å². The maximum Gasteiger partial charge on any atom is 0.271 e. The number of nitrogens with zero attached hydrogens (tertiary/aromatic N) is 5. The second-order valence-corrected chi connectivity index (χ2v) is 5.50. The van der Waals surface area contributed by atoms with Crippen molar-refractivity contribution in [1.82, 2.24) is 24.7 Å². The molecule has 2 heterocycles. The fourth-order valence-electron chi connectivity index (χ4n) is 2.24. The van der Waals surface area contributed by atoms with Crippen molar-refractivity contribution in [2.45, 2.75) is 13.8 Å². The molecule has 0 atom stereocenters. The first-order chi connectivity index (χ1) is 11.5. The van der Waals surface area contributed by atoms with Crippen LogP contribution in [0.4, 0.5) is 4.39 Å². The van der Waals surface area contributed by atoms with Gasteiger partial charge < -0.3 is 4.74 Å². The lowest BCUT2D eigenvalue weighted by Gasteiger charge is -2.03. The minimum absolute atomic E-state index is 0.176. The topological polar surface area (TPSA) is 73.0 Å². The Hall–Kier alpha value is -2.81. The molecule has 0 radical (unpaired) electrons. The zero-order valence-corrected chi connectivity index (χ0v) is 14.1. The molecular weight excluding hydrogens is 331 g/mol. The van der Waals surface area contributed by atoms with Crippen LogP contribution in [0.2, 0.25) is 0 Å². The average molecular weight is 346 g/mol. The number of aromatic nitrogens is 5. The van der Waals surface area contributed by atoms with Crippen molar-refractivity contribution in [1.29, 1.82) is 0 Å². The third-order valence-corrected chi connectivity index (χ3v) is 3.59. The molecule has 3 rings (SSSR count). The monoisotopic (exact) mass is 346 g/mol. The Balaban J connectivity index is 1.99. The van der Waals surface area contributed by atoms with E-state index in [4.69, 9.17) is 17.0 Å². The Morgan fingerprint density at radius 2 is 2.12 bits per heavy atom. The van der Waals surface area contributed by atoms with Crippen molar-refractivity contribution in [3.63, 3.8) is 0 Å². The van der Waals surface area contributed by atoms with Crippen LogP contribution in [0, 0.1) is 24.4 Å². The Bertz CT molecular complexity index is 971. The maximum atomic E-state index is 13.7. The highest BCUT2D eigenvalue weighted by Gasteiger charge is 2.11. The number of hydrogen-bond acceptors (Lipinski definition) is 5. The number of hydrogen-bond donors (Lipinski definition) is 1. The quantitative estimate of drug-likeness (QED) is 0.582. The van der Waals surface area contributed by atoms with Gasteiger partial charge in [-0.3, -0.25) is 0 Å². The first-order valence-corrected chi connectivity index (χ1v) is 7.49. The lowest BCUT2D eigenvalue weighted by Crippen LogP contribution is -2.07. The molecule has 24 heavy (non-hydrogen) atoms. The number of H-pyrrole nitrogens is 1. The molecule has 0 saturated heterocycles. The van der Waals surface area contributed by atoms with Crippen LogP contribution in [0.15, 0.2) is 29.4 Å². The third-order valence-electron chi connectivity index (χ3n) is 3.33. The molecule has 1 aromatic carbocycles. The number of halogens is 1. The number of benzene rings is 1. The fourth-order valence-corrected chi connectivity index (χ4v) is 2.42. The lowest BCUT2D eigenvalue weighted by atomic mass is 10.2. The van der Waals surface area contributed by atoms with Crippen LogP contribution < -0.4 is 4.74 Å². The van der Waals surface area contributed by atoms with Crippen molar-refractivity contribution >= 4 is 18.4 Å². The van der Waals surface area contributed by atoms with Gasteiger partial charge in [-0.25, -0.2) is 14.2 Å². The van der Waals surface area contributed by atoms with Crippen LogP contribution in [0.25, 0.3) is 5.95 Å². The van der Waals surface area contributed by atoms with Crippen LogP contribution in [-0.2, 0) is 0 Å². The van der Waals surface area contributed by atoms with Gasteiger partial charge in [0.2, 0.25) is 4.77 Å². The van der Waals surface area contributed by atoms with Crippen molar-refractivity contribution in [3.8, 4) is 11.7 Å². The number of nitrogens with one attached hydrogen (secondary N) is 1. The molecule has 0 spiro atoms. The standard InChI is InChI=1S/C15H15FN6OS/c1-9-6-10(2)21(20-9)14-18-19-15(24)22(14)17-8-11-4-5-13(23-3)12(16)7-11/h4-8H,1-3H3,(H,19,24)/b17-8-. The number of ether oxygens (including phenoxy) is 1. The molecule has 0 aliphatic heterocycles. The second kappa shape index (κ2) is 6.36. The van der Waals surface area contributed by atoms with E-state index in [2.05, 4.69) is 20.4 Å². The Labute approximate surface area is 142 Å². The van der Waals surface area contributed by atoms with Crippen LogP contribution in [-0.4, -0.2) is 38.0 Å². The summed E-state index contributed by atoms with van der Waals surface area (Å²) >= 11 is 5.20. The molecule has 0 bridgehead atoms. The highest BCUT2D eigenvalue weighted by Crippen LogP contribution is 2.17. The molecule has 124 valence electrons. The molecular formula is C15H15FN6OS. The molecule has 7 nitrogen and oxygen atoms in total. The summed E-state index contributed by atoms with van der Waals surface area (Å²) in [4.78, 5) is 0. The molecule has 0 aliphatic carbocycles. The van der Waals surface area contributed by atoms with Crippen molar-refractivity contribution in [2.24, 2.45) is 5.10 Å². The van der Waals surface area contributed by atoms with Crippen molar-refractivity contribution in [2.75, 3.05) is 7.11 Å². The summed E-state index contributed by atoms with van der Waals surface area (Å²) in [6.45, 7) is 3.79. The SMILES string of the molecule is COc1ccc(/C=N\n2c(-n3nc(C)cc3C)n[nH]c2=S)cc1F. The second-order valence-electron chi connectivity index (χ2n) is 5.12. The van der Waals surface area contributed by atoms with E-state index in [1.54, 1.807) is 10.7 Å².